The van der Waals surface area contributed by atoms with Gasteiger partial charge in [-0.05, 0) is 24.3 Å². The molecular formula is C22H15F3N2O4S2. The van der Waals surface area contributed by atoms with Gasteiger partial charge in [0.2, 0.25) is 11.8 Å². The zero-order valence-corrected chi connectivity index (χ0v) is 18.5. The first-order valence-electron chi connectivity index (χ1n) is 9.78. The number of nitrogens with one attached hydrogen (secondary N) is 1. The monoisotopic (exact) mass is 492 g/mol. The van der Waals surface area contributed by atoms with Crippen molar-refractivity contribution in [1.29, 1.82) is 0 Å². The van der Waals surface area contributed by atoms with Crippen LogP contribution in [0.5, 0.6) is 5.75 Å². The third-order valence-corrected chi connectivity index (χ3v) is 8.13. The van der Waals surface area contributed by atoms with E-state index in [1.807, 2.05) is 0 Å². The number of ether oxygens (including phenoxy) is 1. The number of hydrogen-bond acceptors (Lipinski definition) is 6. The highest BCUT2D eigenvalue weighted by atomic mass is 32.2. The Labute approximate surface area is 193 Å². The molecule has 0 aliphatic carbocycles. The number of carbonyl (C=O) groups excluding carboxylic acids is 2. The second kappa shape index (κ2) is 7.77. The molecule has 3 aromatic rings. The van der Waals surface area contributed by atoms with Crippen LogP contribution in [0.15, 0.2) is 58.4 Å². The predicted molar refractivity (Wildman–Crippen MR) is 117 cm³/mol. The number of H-pyrrole nitrogens is 1. The lowest BCUT2D eigenvalue weighted by Crippen LogP contribution is -2.32. The molecule has 3 atom stereocenters. The lowest BCUT2D eigenvalue weighted by atomic mass is 9.82. The van der Waals surface area contributed by atoms with Crippen LogP contribution in [-0.2, 0) is 15.8 Å². The Morgan fingerprint density at radius 1 is 1.03 bits per heavy atom. The van der Waals surface area contributed by atoms with Gasteiger partial charge < -0.3 is 9.72 Å². The number of hydrogen-bond donors (Lipinski definition) is 1. The van der Waals surface area contributed by atoms with Crippen LogP contribution in [-0.4, -0.2) is 29.2 Å². The van der Waals surface area contributed by atoms with Gasteiger partial charge in [0.05, 0.1) is 29.3 Å². The number of imide groups is 1. The first-order chi connectivity index (χ1) is 15.7. The van der Waals surface area contributed by atoms with Gasteiger partial charge in [0.15, 0.2) is 0 Å². The Bertz CT molecular complexity index is 1330. The number of fused-ring (bicyclic) bond motifs is 2. The summed E-state index contributed by atoms with van der Waals surface area (Å²) in [5, 5.41) is -0.422. The molecule has 0 saturated carbocycles. The molecule has 6 nitrogen and oxygen atoms in total. The van der Waals surface area contributed by atoms with E-state index in [9.17, 15) is 27.6 Å². The van der Waals surface area contributed by atoms with Crippen molar-refractivity contribution >= 4 is 40.6 Å². The molecule has 1 saturated heterocycles. The molecule has 5 rings (SSSR count). The zero-order chi connectivity index (χ0) is 23.5. The fraction of sp³-hybridized carbons (Fsp3) is 0.227. The largest absolute Gasteiger partial charge is 0.496 e. The van der Waals surface area contributed by atoms with E-state index in [4.69, 9.17) is 4.74 Å². The molecule has 1 fully saturated rings. The number of rotatable bonds is 3. The molecule has 0 bridgehead atoms. The van der Waals surface area contributed by atoms with Crippen LogP contribution in [0.25, 0.3) is 0 Å². The number of aromatic nitrogens is 1. The number of anilines is 1. The Balaban J connectivity index is 1.65. The summed E-state index contributed by atoms with van der Waals surface area (Å²) in [6.45, 7) is 0. The highest BCUT2D eigenvalue weighted by Crippen LogP contribution is 2.54. The number of methoxy groups -OCH3 is 1. The maximum absolute atomic E-state index is 13.6. The van der Waals surface area contributed by atoms with Gasteiger partial charge in [-0.25, -0.2) is 4.90 Å². The Hall–Kier alpha value is -3.05. The van der Waals surface area contributed by atoms with Gasteiger partial charge in [-0.1, -0.05) is 47.4 Å². The topological polar surface area (TPSA) is 79.5 Å². The van der Waals surface area contributed by atoms with Gasteiger partial charge in [0.1, 0.15) is 11.0 Å². The summed E-state index contributed by atoms with van der Waals surface area (Å²) in [6, 6.07) is 11.2. The van der Waals surface area contributed by atoms with Crippen molar-refractivity contribution in [3.63, 3.8) is 0 Å². The Morgan fingerprint density at radius 3 is 2.52 bits per heavy atom. The number of aromatic amines is 1. The average molecular weight is 493 g/mol. The molecular weight excluding hydrogens is 477 g/mol. The number of para-hydroxylation sites is 1. The van der Waals surface area contributed by atoms with Gasteiger partial charge in [-0.3, -0.25) is 14.4 Å². The van der Waals surface area contributed by atoms with Gasteiger partial charge >= 0.3 is 11.0 Å². The Morgan fingerprint density at radius 2 is 1.79 bits per heavy atom. The van der Waals surface area contributed by atoms with Crippen molar-refractivity contribution in [3.05, 3.63) is 74.2 Å². The molecule has 2 aliphatic heterocycles. The summed E-state index contributed by atoms with van der Waals surface area (Å²) in [7, 11) is 1.48. The van der Waals surface area contributed by atoms with E-state index in [0.29, 0.717) is 21.2 Å². The van der Waals surface area contributed by atoms with Gasteiger partial charge in [0.25, 0.3) is 0 Å². The summed E-state index contributed by atoms with van der Waals surface area (Å²) in [5.41, 5.74) is -0.461. The van der Waals surface area contributed by atoms with Crippen LogP contribution >= 0.6 is 23.1 Å². The van der Waals surface area contributed by atoms with Gasteiger partial charge in [0, 0.05) is 16.4 Å². The first-order valence-corrected chi connectivity index (χ1v) is 11.5. The molecule has 1 N–H and O–H groups in total. The van der Waals surface area contributed by atoms with E-state index in [-0.39, 0.29) is 10.6 Å². The number of benzene rings is 2. The smallest absolute Gasteiger partial charge is 0.416 e. The minimum Gasteiger partial charge on any atom is -0.496 e. The molecule has 2 amide bonds. The van der Waals surface area contributed by atoms with Crippen LogP contribution in [0, 0.1) is 5.92 Å². The number of thiazole rings is 1. The fourth-order valence-corrected chi connectivity index (χ4v) is 6.86. The molecule has 0 radical (unpaired) electrons. The number of carbonyl (C=O) groups is 2. The summed E-state index contributed by atoms with van der Waals surface area (Å²) >= 11 is 2.01. The van der Waals surface area contributed by atoms with E-state index < -0.39 is 40.6 Å². The van der Waals surface area contributed by atoms with Crippen molar-refractivity contribution in [2.45, 2.75) is 22.4 Å². The summed E-state index contributed by atoms with van der Waals surface area (Å²) in [5.74, 6) is -2.32. The summed E-state index contributed by atoms with van der Waals surface area (Å²) < 4.78 is 45.2. The molecule has 11 heteroatoms. The Kier molecular flexibility index (Phi) is 5.13. The number of alkyl halides is 3. The van der Waals surface area contributed by atoms with Crippen molar-refractivity contribution in [3.8, 4) is 5.75 Å². The van der Waals surface area contributed by atoms with E-state index >= 15 is 0 Å². The minimum atomic E-state index is -4.62. The van der Waals surface area contributed by atoms with Crippen molar-refractivity contribution in [1.82, 2.24) is 4.98 Å². The maximum Gasteiger partial charge on any atom is 0.416 e. The molecule has 33 heavy (non-hydrogen) atoms. The number of amides is 2. The third-order valence-electron chi connectivity index (χ3n) is 5.73. The van der Waals surface area contributed by atoms with Crippen LogP contribution < -0.4 is 14.5 Å². The fourth-order valence-electron chi connectivity index (χ4n) is 4.35. The van der Waals surface area contributed by atoms with Crippen molar-refractivity contribution in [2.24, 2.45) is 5.92 Å². The van der Waals surface area contributed by atoms with Crippen LogP contribution in [0.3, 0.4) is 0 Å². The van der Waals surface area contributed by atoms with E-state index in [2.05, 4.69) is 4.98 Å². The van der Waals surface area contributed by atoms with E-state index in [1.165, 1.54) is 19.2 Å². The standard InChI is InChI=1S/C22H15F3N2O4S2/c1-31-13-8-3-2-7-12(13)14-15-17(32-18-16(14)33-21(30)26-18)20(29)27(19(15)28)11-6-4-5-10(9-11)22(23,24)25/h2-9,14-15,17H,1H3,(H,26,30)/t14-,15?,17?/m1/s1. The molecule has 2 aliphatic rings. The van der Waals surface area contributed by atoms with Crippen LogP contribution in [0.1, 0.15) is 21.9 Å². The molecule has 170 valence electrons. The van der Waals surface area contributed by atoms with E-state index in [1.54, 1.807) is 24.3 Å². The lowest BCUT2D eigenvalue weighted by Gasteiger charge is -2.30. The predicted octanol–water partition coefficient (Wildman–Crippen LogP) is 4.26. The normalized spacial score (nSPS) is 22.3. The zero-order valence-electron chi connectivity index (χ0n) is 16.9. The van der Waals surface area contributed by atoms with Gasteiger partial charge in [-0.2, -0.15) is 13.2 Å². The van der Waals surface area contributed by atoms with E-state index in [0.717, 1.165) is 40.1 Å². The average Bonchev–Trinajstić information content (AvgIpc) is 3.28. The highest BCUT2D eigenvalue weighted by molar-refractivity contribution is 8.00. The van der Waals surface area contributed by atoms with Crippen molar-refractivity contribution in [2.75, 3.05) is 12.0 Å². The second-order valence-corrected chi connectivity index (χ2v) is 9.72. The molecule has 0 spiro atoms. The SMILES string of the molecule is COc1ccccc1[C@H]1c2sc(=O)[nH]c2SC2C(=O)N(c3cccc(C(F)(F)F)c3)C(=O)C21. The molecule has 3 heterocycles. The molecule has 1 aromatic heterocycles. The van der Waals surface area contributed by atoms with Crippen molar-refractivity contribution < 1.29 is 27.5 Å². The molecule has 2 aromatic carbocycles. The third kappa shape index (κ3) is 3.46. The maximum atomic E-state index is 13.6. The number of thioether (sulfide) groups is 1. The second-order valence-electron chi connectivity index (χ2n) is 7.55. The van der Waals surface area contributed by atoms with Crippen LogP contribution in [0.4, 0.5) is 18.9 Å². The quantitative estimate of drug-likeness (QED) is 0.553. The van der Waals surface area contributed by atoms with Gasteiger partial charge in [-0.15, -0.1) is 0 Å². The lowest BCUT2D eigenvalue weighted by molar-refractivity contribution is -0.137. The van der Waals surface area contributed by atoms with Crippen LogP contribution in [0.2, 0.25) is 0 Å². The summed E-state index contributed by atoms with van der Waals surface area (Å²) in [6.07, 6.45) is -4.62. The highest BCUT2D eigenvalue weighted by Gasteiger charge is 2.57. The number of halogens is 3. The summed E-state index contributed by atoms with van der Waals surface area (Å²) in [4.78, 5) is 42.9. The number of nitrogens with zero attached hydrogens (tertiary/aromatic N) is 1. The first kappa shape index (κ1) is 21.8. The minimum absolute atomic E-state index is 0.134. The molecule has 2 unspecified atom stereocenters.